The average Bonchev–Trinajstić information content (AvgIpc) is 2.54. The second kappa shape index (κ2) is 8.36. The summed E-state index contributed by atoms with van der Waals surface area (Å²) in [5, 5.41) is 15.7. The molecule has 0 bridgehead atoms. The second-order valence-corrected chi connectivity index (χ2v) is 5.61. The lowest BCUT2D eigenvalue weighted by atomic mass is 9.88. The van der Waals surface area contributed by atoms with Gasteiger partial charge in [0.15, 0.2) is 0 Å². The van der Waals surface area contributed by atoms with Crippen LogP contribution in [0.15, 0.2) is 6.07 Å². The van der Waals surface area contributed by atoms with Gasteiger partial charge in [-0.3, -0.25) is 0 Å². The van der Waals surface area contributed by atoms with E-state index in [1.807, 2.05) is 0 Å². The van der Waals surface area contributed by atoms with E-state index >= 15 is 0 Å². The molecule has 5 nitrogen and oxygen atoms in total. The van der Waals surface area contributed by atoms with E-state index in [2.05, 4.69) is 23.6 Å². The lowest BCUT2D eigenvalue weighted by molar-refractivity contribution is 0.291. The van der Waals surface area contributed by atoms with Crippen LogP contribution in [0.4, 0.5) is 0 Å². The number of rotatable bonds is 8. The topological polar surface area (TPSA) is 62.8 Å². The lowest BCUT2D eigenvalue weighted by Crippen LogP contribution is -2.31. The molecular formula is C17H28N2O3. The van der Waals surface area contributed by atoms with Gasteiger partial charge in [0.1, 0.15) is 11.5 Å². The van der Waals surface area contributed by atoms with Crippen molar-refractivity contribution in [3.05, 3.63) is 22.8 Å². The van der Waals surface area contributed by atoms with Crippen LogP contribution in [0.3, 0.4) is 0 Å². The summed E-state index contributed by atoms with van der Waals surface area (Å²) < 4.78 is 11.4. The van der Waals surface area contributed by atoms with Gasteiger partial charge in [-0.15, -0.1) is 0 Å². The molecule has 22 heavy (non-hydrogen) atoms. The zero-order valence-electron chi connectivity index (χ0n) is 13.9. The maximum Gasteiger partial charge on any atom is 0.127 e. The molecule has 0 aromatic heterocycles. The van der Waals surface area contributed by atoms with Gasteiger partial charge in [-0.1, -0.05) is 13.3 Å². The largest absolute Gasteiger partial charge is 0.496 e. The molecule has 124 valence electrons. The first-order valence-electron chi connectivity index (χ1n) is 8.08. The van der Waals surface area contributed by atoms with E-state index in [-0.39, 0.29) is 6.61 Å². The molecule has 0 saturated heterocycles. The van der Waals surface area contributed by atoms with Crippen LogP contribution >= 0.6 is 0 Å². The van der Waals surface area contributed by atoms with Crippen molar-refractivity contribution in [3.8, 4) is 11.5 Å². The molecule has 1 aliphatic rings. The summed E-state index contributed by atoms with van der Waals surface area (Å²) >= 11 is 0. The van der Waals surface area contributed by atoms with E-state index in [0.29, 0.717) is 19.1 Å². The first-order chi connectivity index (χ1) is 10.8. The SMILES string of the molecule is CCCC1NCCc2c(OC)c(CNCCO)cc(OC)c21. The van der Waals surface area contributed by atoms with Gasteiger partial charge in [-0.25, -0.2) is 0 Å². The maximum absolute atomic E-state index is 8.93. The van der Waals surface area contributed by atoms with Gasteiger partial charge in [0.25, 0.3) is 0 Å². The Morgan fingerprint density at radius 3 is 2.82 bits per heavy atom. The number of aliphatic hydroxyl groups excluding tert-OH is 1. The van der Waals surface area contributed by atoms with Crippen LogP contribution in [0.1, 0.15) is 42.5 Å². The number of methoxy groups -OCH3 is 2. The Morgan fingerprint density at radius 2 is 2.18 bits per heavy atom. The highest BCUT2D eigenvalue weighted by Crippen LogP contribution is 2.41. The molecule has 5 heteroatoms. The first-order valence-corrected chi connectivity index (χ1v) is 8.08. The quantitative estimate of drug-likeness (QED) is 0.639. The standard InChI is InChI=1S/C17H28N2O3/c1-4-5-14-16-13(6-7-19-14)17(22-3)12(10-15(16)21-2)11-18-8-9-20/h10,14,18-20H,4-9,11H2,1-3H3. The Bertz CT molecular complexity index is 491. The predicted molar refractivity (Wildman–Crippen MR) is 87.7 cm³/mol. The summed E-state index contributed by atoms with van der Waals surface area (Å²) in [5.74, 6) is 1.89. The monoisotopic (exact) mass is 308 g/mol. The van der Waals surface area contributed by atoms with Crippen LogP contribution in [0.2, 0.25) is 0 Å². The van der Waals surface area contributed by atoms with Gasteiger partial charge in [0.05, 0.1) is 20.8 Å². The fraction of sp³-hybridized carbons (Fsp3) is 0.647. The van der Waals surface area contributed by atoms with E-state index in [4.69, 9.17) is 14.6 Å². The Kier molecular flexibility index (Phi) is 6.49. The predicted octanol–water partition coefficient (Wildman–Crippen LogP) is 1.77. The highest BCUT2D eigenvalue weighted by atomic mass is 16.5. The summed E-state index contributed by atoms with van der Waals surface area (Å²) in [5.41, 5.74) is 3.60. The normalized spacial score (nSPS) is 17.2. The summed E-state index contributed by atoms with van der Waals surface area (Å²) in [6.45, 7) is 4.53. The number of aliphatic hydroxyl groups is 1. The van der Waals surface area contributed by atoms with E-state index in [1.165, 1.54) is 11.1 Å². The minimum absolute atomic E-state index is 0.132. The van der Waals surface area contributed by atoms with Crippen LogP contribution in [0, 0.1) is 0 Å². The molecule has 1 heterocycles. The van der Waals surface area contributed by atoms with E-state index in [0.717, 1.165) is 42.9 Å². The van der Waals surface area contributed by atoms with Gasteiger partial charge < -0.3 is 25.2 Å². The Labute approximate surface area is 133 Å². The lowest BCUT2D eigenvalue weighted by Gasteiger charge is -2.31. The minimum Gasteiger partial charge on any atom is -0.496 e. The first kappa shape index (κ1) is 17.1. The number of fused-ring (bicyclic) bond motifs is 1. The Morgan fingerprint density at radius 1 is 1.36 bits per heavy atom. The van der Waals surface area contributed by atoms with Gasteiger partial charge in [-0.2, -0.15) is 0 Å². The van der Waals surface area contributed by atoms with Crippen molar-refractivity contribution >= 4 is 0 Å². The zero-order valence-corrected chi connectivity index (χ0v) is 13.9. The molecule has 0 radical (unpaired) electrons. The van der Waals surface area contributed by atoms with Gasteiger partial charge in [0.2, 0.25) is 0 Å². The van der Waals surface area contributed by atoms with Crippen LogP contribution in [0.5, 0.6) is 11.5 Å². The number of benzene rings is 1. The van der Waals surface area contributed by atoms with Crippen molar-refractivity contribution < 1.29 is 14.6 Å². The van der Waals surface area contributed by atoms with Crippen molar-refractivity contribution in [2.75, 3.05) is 33.9 Å². The van der Waals surface area contributed by atoms with Gasteiger partial charge in [-0.05, 0) is 25.5 Å². The number of hydrogen-bond donors (Lipinski definition) is 3. The molecular weight excluding hydrogens is 280 g/mol. The zero-order chi connectivity index (χ0) is 15.9. The van der Waals surface area contributed by atoms with Crippen LogP contribution in [-0.4, -0.2) is 39.0 Å². The highest BCUT2D eigenvalue weighted by molar-refractivity contribution is 5.56. The Hall–Kier alpha value is -1.30. The van der Waals surface area contributed by atoms with Crippen LogP contribution in [0.25, 0.3) is 0 Å². The number of ether oxygens (including phenoxy) is 2. The molecule has 1 atom stereocenters. The third kappa shape index (κ3) is 3.54. The summed E-state index contributed by atoms with van der Waals surface area (Å²) in [7, 11) is 3.46. The molecule has 1 aromatic carbocycles. The molecule has 1 aliphatic heterocycles. The number of hydrogen-bond acceptors (Lipinski definition) is 5. The van der Waals surface area contributed by atoms with Crippen molar-refractivity contribution in [2.45, 2.75) is 38.8 Å². The minimum atomic E-state index is 0.132. The third-order valence-electron chi connectivity index (χ3n) is 4.18. The van der Waals surface area contributed by atoms with Crippen molar-refractivity contribution in [2.24, 2.45) is 0 Å². The molecule has 0 aliphatic carbocycles. The van der Waals surface area contributed by atoms with Crippen molar-refractivity contribution in [1.29, 1.82) is 0 Å². The molecule has 0 amide bonds. The summed E-state index contributed by atoms with van der Waals surface area (Å²) in [4.78, 5) is 0. The van der Waals surface area contributed by atoms with Crippen LogP contribution in [-0.2, 0) is 13.0 Å². The molecule has 3 N–H and O–H groups in total. The average molecular weight is 308 g/mol. The Balaban J connectivity index is 2.42. The molecule has 1 unspecified atom stereocenters. The molecule has 0 saturated carbocycles. The fourth-order valence-electron chi connectivity index (χ4n) is 3.26. The van der Waals surface area contributed by atoms with Gasteiger partial charge >= 0.3 is 0 Å². The molecule has 2 rings (SSSR count). The van der Waals surface area contributed by atoms with Crippen molar-refractivity contribution in [3.63, 3.8) is 0 Å². The smallest absolute Gasteiger partial charge is 0.127 e. The number of nitrogens with one attached hydrogen (secondary N) is 2. The van der Waals surface area contributed by atoms with Crippen molar-refractivity contribution in [1.82, 2.24) is 10.6 Å². The fourth-order valence-corrected chi connectivity index (χ4v) is 3.26. The second-order valence-electron chi connectivity index (χ2n) is 5.61. The maximum atomic E-state index is 8.93. The summed E-state index contributed by atoms with van der Waals surface area (Å²) in [6, 6.07) is 2.40. The van der Waals surface area contributed by atoms with E-state index in [9.17, 15) is 0 Å². The van der Waals surface area contributed by atoms with Crippen LogP contribution < -0.4 is 20.1 Å². The third-order valence-corrected chi connectivity index (χ3v) is 4.18. The molecule has 0 fully saturated rings. The van der Waals surface area contributed by atoms with Gasteiger partial charge in [0, 0.05) is 35.8 Å². The molecule has 1 aromatic rings. The summed E-state index contributed by atoms with van der Waals surface area (Å²) in [6.07, 6.45) is 3.17. The highest BCUT2D eigenvalue weighted by Gasteiger charge is 2.27. The van der Waals surface area contributed by atoms with E-state index < -0.39 is 0 Å². The van der Waals surface area contributed by atoms with E-state index in [1.54, 1.807) is 14.2 Å². The molecule has 0 spiro atoms.